The number of hydrogen-bond donors (Lipinski definition) is 3. The van der Waals surface area contributed by atoms with Crippen molar-refractivity contribution in [3.63, 3.8) is 0 Å². The molecule has 8 nitrogen and oxygen atoms in total. The Morgan fingerprint density at radius 2 is 1.74 bits per heavy atom. The maximum absolute atomic E-state index is 11.8. The van der Waals surface area contributed by atoms with Crippen molar-refractivity contribution >= 4 is 11.6 Å². The van der Waals surface area contributed by atoms with E-state index in [4.69, 9.17) is 0 Å². The highest BCUT2D eigenvalue weighted by atomic mass is 16.6. The van der Waals surface area contributed by atoms with E-state index >= 15 is 0 Å². The van der Waals surface area contributed by atoms with Crippen molar-refractivity contribution in [1.29, 1.82) is 0 Å². The van der Waals surface area contributed by atoms with Gasteiger partial charge in [0.1, 0.15) is 0 Å². The van der Waals surface area contributed by atoms with Gasteiger partial charge in [-0.3, -0.25) is 19.5 Å². The fourth-order valence-electron chi connectivity index (χ4n) is 2.12. The van der Waals surface area contributed by atoms with Crippen LogP contribution in [0.25, 0.3) is 0 Å². The lowest BCUT2D eigenvalue weighted by molar-refractivity contribution is -0.384. The lowest BCUT2D eigenvalue weighted by Crippen LogP contribution is -2.26. The van der Waals surface area contributed by atoms with Crippen molar-refractivity contribution in [3.8, 4) is 11.8 Å². The predicted molar refractivity (Wildman–Crippen MR) is 82.2 cm³/mol. The van der Waals surface area contributed by atoms with Crippen LogP contribution in [0, 0.1) is 10.1 Å². The zero-order chi connectivity index (χ0) is 16.8. The Balaban J connectivity index is 1.74. The summed E-state index contributed by atoms with van der Waals surface area (Å²) in [5.74, 6) is -0.251. The Hall–Kier alpha value is -3.03. The third-order valence-electron chi connectivity index (χ3n) is 3.33. The zero-order valence-electron chi connectivity index (χ0n) is 12.3. The summed E-state index contributed by atoms with van der Waals surface area (Å²) in [5.41, 5.74) is 0.675. The molecule has 0 radical (unpaired) electrons. The number of benzene rings is 1. The molecule has 0 spiro atoms. The molecule has 2 rings (SSSR count). The first kappa shape index (κ1) is 16.3. The SMILES string of the molecule is O=C(Cc1ccc([N+](=O)[O-])cc1)NCCCn1c(O)ccc1O. The first-order valence-corrected chi connectivity index (χ1v) is 7.05. The van der Waals surface area contributed by atoms with Gasteiger partial charge in [-0.1, -0.05) is 12.1 Å². The maximum Gasteiger partial charge on any atom is 0.269 e. The van der Waals surface area contributed by atoms with Gasteiger partial charge in [0.05, 0.1) is 11.3 Å². The summed E-state index contributed by atoms with van der Waals surface area (Å²) in [6, 6.07) is 8.60. The molecule has 0 saturated heterocycles. The van der Waals surface area contributed by atoms with Crippen LogP contribution < -0.4 is 5.32 Å². The van der Waals surface area contributed by atoms with Crippen molar-refractivity contribution < 1.29 is 19.9 Å². The van der Waals surface area contributed by atoms with Crippen molar-refractivity contribution in [2.75, 3.05) is 6.54 Å². The summed E-state index contributed by atoms with van der Waals surface area (Å²) in [6.07, 6.45) is 0.680. The maximum atomic E-state index is 11.8. The first-order chi connectivity index (χ1) is 11.0. The van der Waals surface area contributed by atoms with Crippen molar-refractivity contribution in [1.82, 2.24) is 9.88 Å². The minimum atomic E-state index is -0.490. The fourth-order valence-corrected chi connectivity index (χ4v) is 2.12. The van der Waals surface area contributed by atoms with Crippen LogP contribution >= 0.6 is 0 Å². The number of carbonyl (C=O) groups excluding carboxylic acids is 1. The smallest absolute Gasteiger partial charge is 0.269 e. The minimum Gasteiger partial charge on any atom is -0.494 e. The molecule has 3 N–H and O–H groups in total. The molecular weight excluding hydrogens is 302 g/mol. The van der Waals surface area contributed by atoms with Crippen LogP contribution in [0.1, 0.15) is 12.0 Å². The Bertz CT molecular complexity index is 674. The van der Waals surface area contributed by atoms with Gasteiger partial charge in [-0.25, -0.2) is 0 Å². The lowest BCUT2D eigenvalue weighted by Gasteiger charge is -2.08. The number of aromatic nitrogens is 1. The largest absolute Gasteiger partial charge is 0.494 e. The van der Waals surface area contributed by atoms with Crippen LogP contribution in [-0.4, -0.2) is 32.2 Å². The molecule has 0 fully saturated rings. The fraction of sp³-hybridized carbons (Fsp3) is 0.267. The number of rotatable bonds is 7. The molecule has 2 aromatic rings. The van der Waals surface area contributed by atoms with Gasteiger partial charge in [0.15, 0.2) is 11.8 Å². The quantitative estimate of drug-likeness (QED) is 0.406. The standard InChI is InChI=1S/C15H17N3O5/c19-13(10-11-2-4-12(5-3-11)18(22)23)16-8-1-9-17-14(20)6-7-15(17)21/h2-7,20-21H,1,8-10H2,(H,16,19). The van der Waals surface area contributed by atoms with E-state index in [1.807, 2.05) is 0 Å². The van der Waals surface area contributed by atoms with Crippen LogP contribution in [0.2, 0.25) is 0 Å². The highest BCUT2D eigenvalue weighted by Gasteiger charge is 2.08. The Morgan fingerprint density at radius 3 is 2.30 bits per heavy atom. The summed E-state index contributed by atoms with van der Waals surface area (Å²) in [4.78, 5) is 21.8. The number of nitro groups is 1. The van der Waals surface area contributed by atoms with Crippen molar-refractivity contribution in [3.05, 3.63) is 52.1 Å². The van der Waals surface area contributed by atoms with Crippen LogP contribution in [-0.2, 0) is 17.8 Å². The number of non-ortho nitro benzene ring substituents is 1. The molecule has 0 aliphatic heterocycles. The highest BCUT2D eigenvalue weighted by Crippen LogP contribution is 2.20. The van der Waals surface area contributed by atoms with E-state index in [1.165, 1.54) is 28.8 Å². The van der Waals surface area contributed by atoms with Crippen molar-refractivity contribution in [2.24, 2.45) is 0 Å². The monoisotopic (exact) mass is 319 g/mol. The number of hydrogen-bond acceptors (Lipinski definition) is 5. The van der Waals surface area contributed by atoms with E-state index in [9.17, 15) is 25.1 Å². The van der Waals surface area contributed by atoms with Gasteiger partial charge in [-0.05, 0) is 12.0 Å². The summed E-state index contributed by atoms with van der Waals surface area (Å²) in [5, 5.41) is 32.2. The van der Waals surface area contributed by atoms with E-state index in [-0.39, 0.29) is 29.8 Å². The molecule has 0 unspecified atom stereocenters. The number of amides is 1. The molecule has 0 bridgehead atoms. The predicted octanol–water partition coefficient (Wildman–Crippen LogP) is 1.56. The average molecular weight is 319 g/mol. The first-order valence-electron chi connectivity index (χ1n) is 7.05. The molecule has 1 aromatic carbocycles. The average Bonchev–Trinajstić information content (AvgIpc) is 2.83. The molecule has 0 aliphatic carbocycles. The summed E-state index contributed by atoms with van der Waals surface area (Å²) >= 11 is 0. The molecule has 1 amide bonds. The zero-order valence-corrected chi connectivity index (χ0v) is 12.3. The van der Waals surface area contributed by atoms with E-state index in [1.54, 1.807) is 12.1 Å². The second-order valence-electron chi connectivity index (χ2n) is 5.01. The lowest BCUT2D eigenvalue weighted by atomic mass is 10.1. The summed E-state index contributed by atoms with van der Waals surface area (Å²) in [6.45, 7) is 0.769. The Kier molecular flexibility index (Phi) is 5.19. The molecule has 23 heavy (non-hydrogen) atoms. The molecule has 0 aliphatic rings. The van der Waals surface area contributed by atoms with E-state index in [0.29, 0.717) is 25.1 Å². The van der Waals surface area contributed by atoms with Crippen LogP contribution in [0.4, 0.5) is 5.69 Å². The molecule has 122 valence electrons. The third kappa shape index (κ3) is 4.47. The molecule has 0 atom stereocenters. The third-order valence-corrected chi connectivity index (χ3v) is 3.33. The van der Waals surface area contributed by atoms with E-state index in [0.717, 1.165) is 0 Å². The Labute approximate surface area is 132 Å². The van der Waals surface area contributed by atoms with Gasteiger partial charge in [0.2, 0.25) is 5.91 Å². The van der Waals surface area contributed by atoms with E-state index < -0.39 is 4.92 Å². The molecular formula is C15H17N3O5. The molecule has 1 aromatic heterocycles. The minimum absolute atomic E-state index is 0.0134. The number of carbonyl (C=O) groups is 1. The molecule has 0 saturated carbocycles. The molecule has 1 heterocycles. The van der Waals surface area contributed by atoms with Gasteiger partial charge < -0.3 is 15.5 Å². The van der Waals surface area contributed by atoms with Crippen LogP contribution in [0.5, 0.6) is 11.8 Å². The molecule has 8 heteroatoms. The number of nitrogens with one attached hydrogen (secondary N) is 1. The van der Waals surface area contributed by atoms with Crippen LogP contribution in [0.15, 0.2) is 36.4 Å². The highest BCUT2D eigenvalue weighted by molar-refractivity contribution is 5.78. The van der Waals surface area contributed by atoms with Gasteiger partial charge in [0.25, 0.3) is 5.69 Å². The van der Waals surface area contributed by atoms with Crippen LogP contribution in [0.3, 0.4) is 0 Å². The van der Waals surface area contributed by atoms with Gasteiger partial charge in [-0.15, -0.1) is 0 Å². The van der Waals surface area contributed by atoms with Crippen molar-refractivity contribution in [2.45, 2.75) is 19.4 Å². The topological polar surface area (TPSA) is 118 Å². The van der Waals surface area contributed by atoms with Gasteiger partial charge in [-0.2, -0.15) is 0 Å². The van der Waals surface area contributed by atoms with E-state index in [2.05, 4.69) is 5.32 Å². The second kappa shape index (κ2) is 7.30. The van der Waals surface area contributed by atoms with Gasteiger partial charge in [0, 0.05) is 37.4 Å². The number of nitro benzene ring substituents is 1. The Morgan fingerprint density at radius 1 is 1.13 bits per heavy atom. The summed E-state index contributed by atoms with van der Waals surface area (Å²) < 4.78 is 1.34. The summed E-state index contributed by atoms with van der Waals surface area (Å²) in [7, 11) is 0. The van der Waals surface area contributed by atoms with Gasteiger partial charge >= 0.3 is 0 Å². The number of aromatic hydroxyl groups is 2. The number of nitrogens with zero attached hydrogens (tertiary/aromatic N) is 2. The normalized spacial score (nSPS) is 10.4. The second-order valence-corrected chi connectivity index (χ2v) is 5.01.